The summed E-state index contributed by atoms with van der Waals surface area (Å²) in [7, 11) is -4.04. The molecule has 0 atom stereocenters. The zero-order valence-electron chi connectivity index (χ0n) is 10.5. The van der Waals surface area contributed by atoms with Crippen LogP contribution in [0.3, 0.4) is 0 Å². The van der Waals surface area contributed by atoms with E-state index in [4.69, 9.17) is 29.6 Å². The third kappa shape index (κ3) is 3.49. The lowest BCUT2D eigenvalue weighted by Crippen LogP contribution is -2.20. The summed E-state index contributed by atoms with van der Waals surface area (Å²) in [5, 5.41) is 0.205. The number of hydrogen-bond donors (Lipinski definition) is 2. The van der Waals surface area contributed by atoms with Crippen molar-refractivity contribution in [2.24, 2.45) is 5.73 Å². The summed E-state index contributed by atoms with van der Waals surface area (Å²) in [5.74, 6) is -0.740. The van der Waals surface area contributed by atoms with Gasteiger partial charge in [-0.3, -0.25) is 4.72 Å². The highest BCUT2D eigenvalue weighted by Crippen LogP contribution is 2.24. The van der Waals surface area contributed by atoms with Gasteiger partial charge in [-0.05, 0) is 24.3 Å². The molecule has 0 aliphatic carbocycles. The lowest BCUT2D eigenvalue weighted by Gasteiger charge is -2.12. The maximum absolute atomic E-state index is 13.6. The molecule has 110 valence electrons. The van der Waals surface area contributed by atoms with E-state index in [-0.39, 0.29) is 26.2 Å². The summed E-state index contributed by atoms with van der Waals surface area (Å²) in [5.41, 5.74) is 5.44. The number of hydrogen-bond acceptors (Lipinski definition) is 3. The van der Waals surface area contributed by atoms with Crippen molar-refractivity contribution in [3.63, 3.8) is 0 Å². The average molecular weight is 345 g/mol. The second-order valence-electron chi connectivity index (χ2n) is 4.09. The number of anilines is 1. The van der Waals surface area contributed by atoms with Gasteiger partial charge in [-0.2, -0.15) is 0 Å². The number of sulfonamides is 1. The number of halogens is 2. The minimum absolute atomic E-state index is 0.0671. The van der Waals surface area contributed by atoms with E-state index in [1.165, 1.54) is 30.3 Å². The zero-order valence-corrected chi connectivity index (χ0v) is 12.9. The molecule has 0 unspecified atom stereocenters. The summed E-state index contributed by atoms with van der Waals surface area (Å²) in [6.07, 6.45) is 0. The topological polar surface area (TPSA) is 72.2 Å². The van der Waals surface area contributed by atoms with Gasteiger partial charge in [-0.25, -0.2) is 12.8 Å². The predicted molar refractivity (Wildman–Crippen MR) is 84.5 cm³/mol. The van der Waals surface area contributed by atoms with Crippen molar-refractivity contribution >= 4 is 44.5 Å². The second kappa shape index (κ2) is 5.97. The molecule has 0 radical (unpaired) electrons. The lowest BCUT2D eigenvalue weighted by molar-refractivity contribution is 0.598. The molecule has 2 aromatic rings. The normalized spacial score (nSPS) is 11.1. The molecule has 8 heteroatoms. The van der Waals surface area contributed by atoms with Crippen LogP contribution < -0.4 is 10.5 Å². The molecular weight excluding hydrogens is 335 g/mol. The molecule has 0 saturated heterocycles. The fourth-order valence-corrected chi connectivity index (χ4v) is 3.38. The quantitative estimate of drug-likeness (QED) is 0.836. The van der Waals surface area contributed by atoms with Crippen molar-refractivity contribution in [2.45, 2.75) is 4.90 Å². The molecule has 0 fully saturated rings. The van der Waals surface area contributed by atoms with Gasteiger partial charge in [0.15, 0.2) is 0 Å². The fourth-order valence-electron chi connectivity index (χ4n) is 1.68. The van der Waals surface area contributed by atoms with Crippen LogP contribution in [0.4, 0.5) is 10.1 Å². The van der Waals surface area contributed by atoms with Crippen molar-refractivity contribution in [1.29, 1.82) is 0 Å². The Hall–Kier alpha value is -1.70. The predicted octanol–water partition coefficient (Wildman–Crippen LogP) is 2.91. The van der Waals surface area contributed by atoms with Gasteiger partial charge in [0.2, 0.25) is 0 Å². The van der Waals surface area contributed by atoms with Crippen LogP contribution in [0.2, 0.25) is 5.02 Å². The van der Waals surface area contributed by atoms with Crippen LogP contribution >= 0.6 is 23.8 Å². The fraction of sp³-hybridized carbons (Fsp3) is 0. The van der Waals surface area contributed by atoms with E-state index in [0.29, 0.717) is 0 Å². The molecule has 0 saturated carbocycles. The summed E-state index contributed by atoms with van der Waals surface area (Å²) in [4.78, 5) is -0.195. The minimum Gasteiger partial charge on any atom is -0.389 e. The third-order valence-electron chi connectivity index (χ3n) is 2.61. The summed E-state index contributed by atoms with van der Waals surface area (Å²) >= 11 is 10.6. The van der Waals surface area contributed by atoms with E-state index in [1.54, 1.807) is 6.07 Å². The Morgan fingerprint density at radius 1 is 1.24 bits per heavy atom. The van der Waals surface area contributed by atoms with E-state index in [2.05, 4.69) is 4.72 Å². The largest absolute Gasteiger partial charge is 0.389 e. The standard InChI is InChI=1S/C13H10ClFN2O2S2/c14-8-5-6-10(15)11(7-8)17-21(18,19)12-4-2-1-3-9(12)13(16)20/h1-7,17H,(H2,16,20). The monoisotopic (exact) mass is 344 g/mol. The number of nitrogens with one attached hydrogen (secondary N) is 1. The zero-order chi connectivity index (χ0) is 15.6. The van der Waals surface area contributed by atoms with Crippen LogP contribution in [0, 0.1) is 5.82 Å². The number of nitrogens with two attached hydrogens (primary N) is 1. The average Bonchev–Trinajstić information content (AvgIpc) is 2.42. The van der Waals surface area contributed by atoms with E-state index in [1.807, 2.05) is 0 Å². The Labute approximate surface area is 131 Å². The van der Waals surface area contributed by atoms with E-state index < -0.39 is 15.8 Å². The van der Waals surface area contributed by atoms with Crippen LogP contribution in [-0.4, -0.2) is 13.4 Å². The molecule has 2 rings (SSSR count). The van der Waals surface area contributed by atoms with Crippen molar-refractivity contribution in [2.75, 3.05) is 4.72 Å². The number of rotatable bonds is 4. The molecule has 0 amide bonds. The second-order valence-corrected chi connectivity index (χ2v) is 6.62. The van der Waals surface area contributed by atoms with Crippen molar-refractivity contribution in [3.05, 3.63) is 58.9 Å². The maximum Gasteiger partial charge on any atom is 0.262 e. The van der Waals surface area contributed by atoms with E-state index in [0.717, 1.165) is 6.07 Å². The van der Waals surface area contributed by atoms with Crippen LogP contribution in [-0.2, 0) is 10.0 Å². The molecule has 21 heavy (non-hydrogen) atoms. The van der Waals surface area contributed by atoms with Crippen LogP contribution in [0.1, 0.15) is 5.56 Å². The van der Waals surface area contributed by atoms with Gasteiger partial charge in [0.25, 0.3) is 10.0 Å². The molecule has 0 spiro atoms. The Balaban J connectivity index is 2.49. The van der Waals surface area contributed by atoms with Gasteiger partial charge in [0.05, 0.1) is 10.6 Å². The van der Waals surface area contributed by atoms with Crippen LogP contribution in [0.15, 0.2) is 47.4 Å². The lowest BCUT2D eigenvalue weighted by atomic mass is 10.2. The molecule has 2 aromatic carbocycles. The van der Waals surface area contributed by atoms with Crippen molar-refractivity contribution < 1.29 is 12.8 Å². The van der Waals surface area contributed by atoms with Gasteiger partial charge in [0.1, 0.15) is 10.8 Å². The molecule has 0 heterocycles. The summed E-state index contributed by atoms with van der Waals surface area (Å²) in [6.45, 7) is 0. The minimum atomic E-state index is -4.04. The summed E-state index contributed by atoms with van der Waals surface area (Å²) < 4.78 is 40.5. The van der Waals surface area contributed by atoms with E-state index in [9.17, 15) is 12.8 Å². The highest BCUT2D eigenvalue weighted by atomic mass is 35.5. The maximum atomic E-state index is 13.6. The first-order valence-corrected chi connectivity index (χ1v) is 7.95. The smallest absolute Gasteiger partial charge is 0.262 e. The van der Waals surface area contributed by atoms with Crippen LogP contribution in [0.5, 0.6) is 0 Å². The number of thiocarbonyl (C=S) groups is 1. The van der Waals surface area contributed by atoms with Gasteiger partial charge in [-0.1, -0.05) is 42.0 Å². The Morgan fingerprint density at radius 3 is 2.57 bits per heavy atom. The Bertz CT molecular complexity index is 810. The van der Waals surface area contributed by atoms with Gasteiger partial charge >= 0.3 is 0 Å². The molecule has 3 N–H and O–H groups in total. The van der Waals surface area contributed by atoms with Gasteiger partial charge in [-0.15, -0.1) is 0 Å². The summed E-state index contributed by atoms with van der Waals surface area (Å²) in [6, 6.07) is 9.50. The first-order chi connectivity index (χ1) is 9.81. The van der Waals surface area contributed by atoms with E-state index >= 15 is 0 Å². The molecule has 0 aliphatic rings. The first kappa shape index (κ1) is 15.7. The van der Waals surface area contributed by atoms with Gasteiger partial charge < -0.3 is 5.73 Å². The van der Waals surface area contributed by atoms with Crippen LogP contribution in [0.25, 0.3) is 0 Å². The molecule has 0 bridgehead atoms. The Kier molecular flexibility index (Phi) is 4.46. The number of benzene rings is 2. The SMILES string of the molecule is NC(=S)c1ccccc1S(=O)(=O)Nc1cc(Cl)ccc1F. The highest BCUT2D eigenvalue weighted by molar-refractivity contribution is 7.93. The van der Waals surface area contributed by atoms with Gasteiger partial charge in [0, 0.05) is 10.6 Å². The molecular formula is C13H10ClFN2O2S2. The highest BCUT2D eigenvalue weighted by Gasteiger charge is 2.21. The first-order valence-electron chi connectivity index (χ1n) is 5.68. The third-order valence-corrected chi connectivity index (χ3v) is 4.49. The Morgan fingerprint density at radius 2 is 1.90 bits per heavy atom. The molecule has 0 aromatic heterocycles. The van der Waals surface area contributed by atoms with Crippen molar-refractivity contribution in [1.82, 2.24) is 0 Å². The van der Waals surface area contributed by atoms with Crippen molar-refractivity contribution in [3.8, 4) is 0 Å². The molecule has 4 nitrogen and oxygen atoms in total. The molecule has 0 aliphatic heterocycles.